The quantitative estimate of drug-likeness (QED) is 0.759. The van der Waals surface area contributed by atoms with E-state index in [1.54, 1.807) is 7.05 Å². The molecular weight excluding hydrogens is 254 g/mol. The molecule has 0 aromatic heterocycles. The van der Waals surface area contributed by atoms with Crippen LogP contribution in [-0.4, -0.2) is 41.7 Å². The number of amides is 1. The number of nitriles is 1. The first kappa shape index (κ1) is 15.3. The lowest BCUT2D eigenvalue weighted by molar-refractivity contribution is -0.136. The molecule has 0 radical (unpaired) electrons. The fourth-order valence-corrected chi connectivity index (χ4v) is 3.25. The molecular formula is C15H25N3O2. The van der Waals surface area contributed by atoms with Crippen molar-refractivity contribution in [3.05, 3.63) is 0 Å². The van der Waals surface area contributed by atoms with Gasteiger partial charge in [-0.05, 0) is 25.2 Å². The lowest BCUT2D eigenvalue weighted by atomic mass is 9.79. The number of aliphatic hydroxyl groups is 1. The number of nitrogens with zero attached hydrogens (tertiary/aromatic N) is 2. The SMILES string of the molecule is CN(C(=O)[C@@H](N)C1(CO)CCCC1)C(C#N)CC1CC1. The molecule has 2 fully saturated rings. The Labute approximate surface area is 120 Å². The molecule has 3 N–H and O–H groups in total. The summed E-state index contributed by atoms with van der Waals surface area (Å²) in [4.78, 5) is 14.0. The number of rotatable bonds is 6. The van der Waals surface area contributed by atoms with Crippen LogP contribution in [-0.2, 0) is 4.79 Å². The van der Waals surface area contributed by atoms with Gasteiger partial charge in [0, 0.05) is 12.5 Å². The van der Waals surface area contributed by atoms with Crippen LogP contribution in [0.2, 0.25) is 0 Å². The van der Waals surface area contributed by atoms with Crippen molar-refractivity contribution in [2.75, 3.05) is 13.7 Å². The Balaban J connectivity index is 2.02. The van der Waals surface area contributed by atoms with Crippen molar-refractivity contribution in [1.82, 2.24) is 4.90 Å². The third-order valence-electron chi connectivity index (χ3n) is 5.06. The summed E-state index contributed by atoms with van der Waals surface area (Å²) in [7, 11) is 1.67. The number of carbonyl (C=O) groups is 1. The summed E-state index contributed by atoms with van der Waals surface area (Å²) in [6, 6.07) is 1.13. The van der Waals surface area contributed by atoms with E-state index >= 15 is 0 Å². The van der Waals surface area contributed by atoms with Crippen LogP contribution in [0.25, 0.3) is 0 Å². The van der Waals surface area contributed by atoms with Crippen molar-refractivity contribution in [3.63, 3.8) is 0 Å². The minimum absolute atomic E-state index is 0.0480. The van der Waals surface area contributed by atoms with Gasteiger partial charge in [-0.15, -0.1) is 0 Å². The highest BCUT2D eigenvalue weighted by molar-refractivity contribution is 5.83. The molecule has 1 amide bonds. The third kappa shape index (κ3) is 2.97. The summed E-state index contributed by atoms with van der Waals surface area (Å²) in [5, 5.41) is 18.9. The summed E-state index contributed by atoms with van der Waals surface area (Å²) >= 11 is 0. The van der Waals surface area contributed by atoms with Gasteiger partial charge in [0.05, 0.1) is 18.7 Å². The van der Waals surface area contributed by atoms with E-state index in [-0.39, 0.29) is 12.5 Å². The molecule has 0 bridgehead atoms. The Morgan fingerprint density at radius 2 is 2.10 bits per heavy atom. The molecule has 0 saturated heterocycles. The zero-order valence-corrected chi connectivity index (χ0v) is 12.2. The van der Waals surface area contributed by atoms with Crippen LogP contribution in [0.5, 0.6) is 0 Å². The largest absolute Gasteiger partial charge is 0.396 e. The molecule has 2 atom stereocenters. The van der Waals surface area contributed by atoms with Gasteiger partial charge in [0.25, 0.3) is 0 Å². The fraction of sp³-hybridized carbons (Fsp3) is 0.867. The lowest BCUT2D eigenvalue weighted by Crippen LogP contribution is -2.55. The molecule has 20 heavy (non-hydrogen) atoms. The van der Waals surface area contributed by atoms with Crippen LogP contribution in [0.1, 0.15) is 44.9 Å². The number of nitrogens with two attached hydrogens (primary N) is 1. The Morgan fingerprint density at radius 1 is 1.50 bits per heavy atom. The van der Waals surface area contributed by atoms with Crippen molar-refractivity contribution in [2.24, 2.45) is 17.1 Å². The van der Waals surface area contributed by atoms with Gasteiger partial charge in [-0.2, -0.15) is 5.26 Å². The Morgan fingerprint density at radius 3 is 2.55 bits per heavy atom. The van der Waals surface area contributed by atoms with Crippen LogP contribution >= 0.6 is 0 Å². The topological polar surface area (TPSA) is 90.3 Å². The number of aliphatic hydroxyl groups excluding tert-OH is 1. The van der Waals surface area contributed by atoms with Gasteiger partial charge in [0.1, 0.15) is 6.04 Å². The number of likely N-dealkylation sites (N-methyl/N-ethyl adjacent to an activating group) is 1. The first-order chi connectivity index (χ1) is 9.54. The van der Waals surface area contributed by atoms with Gasteiger partial charge in [-0.25, -0.2) is 0 Å². The highest BCUT2D eigenvalue weighted by atomic mass is 16.3. The molecule has 0 aliphatic heterocycles. The average molecular weight is 279 g/mol. The van der Waals surface area contributed by atoms with E-state index in [0.717, 1.165) is 44.9 Å². The van der Waals surface area contributed by atoms with E-state index in [1.807, 2.05) is 0 Å². The van der Waals surface area contributed by atoms with E-state index in [0.29, 0.717) is 5.92 Å². The predicted octanol–water partition coefficient (Wildman–Crippen LogP) is 1.02. The first-order valence-corrected chi connectivity index (χ1v) is 7.57. The molecule has 2 saturated carbocycles. The predicted molar refractivity (Wildman–Crippen MR) is 75.5 cm³/mol. The van der Waals surface area contributed by atoms with E-state index in [9.17, 15) is 15.2 Å². The highest BCUT2D eigenvalue weighted by Gasteiger charge is 2.44. The molecule has 0 heterocycles. The molecule has 5 heteroatoms. The van der Waals surface area contributed by atoms with E-state index in [2.05, 4.69) is 6.07 Å². The molecule has 2 aliphatic rings. The van der Waals surface area contributed by atoms with E-state index in [1.165, 1.54) is 4.90 Å². The van der Waals surface area contributed by atoms with Gasteiger partial charge in [-0.3, -0.25) is 4.79 Å². The van der Waals surface area contributed by atoms with Crippen molar-refractivity contribution >= 4 is 5.91 Å². The lowest BCUT2D eigenvalue weighted by Gasteiger charge is -2.35. The van der Waals surface area contributed by atoms with Crippen molar-refractivity contribution in [2.45, 2.75) is 57.0 Å². The number of hydrogen-bond donors (Lipinski definition) is 2. The van der Waals surface area contributed by atoms with E-state index in [4.69, 9.17) is 5.73 Å². The Hall–Kier alpha value is -1.12. The molecule has 0 aromatic rings. The standard InChI is InChI=1S/C15H25N3O2/c1-18(12(9-16)8-11-4-5-11)14(20)13(17)15(10-19)6-2-3-7-15/h11-13,19H,2-8,10,17H2,1H3/t12?,13-/m1/s1. The van der Waals surface area contributed by atoms with Crippen LogP contribution in [0.4, 0.5) is 0 Å². The Bertz CT molecular complexity index is 394. The number of carbonyl (C=O) groups excluding carboxylic acids is 1. The smallest absolute Gasteiger partial charge is 0.240 e. The van der Waals surface area contributed by atoms with Crippen LogP contribution in [0.15, 0.2) is 0 Å². The summed E-state index contributed by atoms with van der Waals surface area (Å²) < 4.78 is 0. The normalized spacial score (nSPS) is 23.9. The van der Waals surface area contributed by atoms with Gasteiger partial charge >= 0.3 is 0 Å². The molecule has 112 valence electrons. The second kappa shape index (κ2) is 6.11. The van der Waals surface area contributed by atoms with Crippen LogP contribution < -0.4 is 5.73 Å². The van der Waals surface area contributed by atoms with Gasteiger partial charge in [-0.1, -0.05) is 25.7 Å². The van der Waals surface area contributed by atoms with Gasteiger partial charge < -0.3 is 15.7 Å². The molecule has 1 unspecified atom stereocenters. The Kier molecular flexibility index (Phi) is 4.66. The van der Waals surface area contributed by atoms with E-state index < -0.39 is 17.5 Å². The van der Waals surface area contributed by atoms with Crippen molar-refractivity contribution < 1.29 is 9.90 Å². The van der Waals surface area contributed by atoms with Crippen LogP contribution in [0, 0.1) is 22.7 Å². The zero-order chi connectivity index (χ0) is 14.8. The van der Waals surface area contributed by atoms with Gasteiger partial charge in [0.2, 0.25) is 5.91 Å². The summed E-state index contributed by atoms with van der Waals surface area (Å²) in [6.07, 6.45) is 6.68. The monoisotopic (exact) mass is 279 g/mol. The van der Waals surface area contributed by atoms with Crippen molar-refractivity contribution in [3.8, 4) is 6.07 Å². The fourth-order valence-electron chi connectivity index (χ4n) is 3.25. The van der Waals surface area contributed by atoms with Gasteiger partial charge in [0.15, 0.2) is 0 Å². The summed E-state index contributed by atoms with van der Waals surface area (Å²) in [6.45, 7) is -0.0480. The second-order valence-electron chi connectivity index (χ2n) is 6.48. The highest BCUT2D eigenvalue weighted by Crippen LogP contribution is 2.41. The van der Waals surface area contributed by atoms with Crippen molar-refractivity contribution in [1.29, 1.82) is 5.26 Å². The molecule has 5 nitrogen and oxygen atoms in total. The van der Waals surface area contributed by atoms with Crippen LogP contribution in [0.3, 0.4) is 0 Å². The number of hydrogen-bond acceptors (Lipinski definition) is 4. The minimum atomic E-state index is -0.699. The second-order valence-corrected chi connectivity index (χ2v) is 6.48. The summed E-state index contributed by atoms with van der Waals surface area (Å²) in [5.41, 5.74) is 5.67. The maximum absolute atomic E-state index is 12.5. The minimum Gasteiger partial charge on any atom is -0.396 e. The zero-order valence-electron chi connectivity index (χ0n) is 12.2. The average Bonchev–Trinajstić information content (AvgIpc) is 3.16. The molecule has 2 rings (SSSR count). The molecule has 0 spiro atoms. The summed E-state index contributed by atoms with van der Waals surface area (Å²) in [5.74, 6) is 0.387. The molecule has 2 aliphatic carbocycles. The maximum atomic E-state index is 12.5. The third-order valence-corrected chi connectivity index (χ3v) is 5.06. The molecule has 0 aromatic carbocycles. The maximum Gasteiger partial charge on any atom is 0.240 e. The first-order valence-electron chi connectivity index (χ1n) is 7.57.